The molecule has 3 N–H and O–H groups in total. The summed E-state index contributed by atoms with van der Waals surface area (Å²) in [5.74, 6) is -8.43. The summed E-state index contributed by atoms with van der Waals surface area (Å²) in [6, 6.07) is 7.52. The van der Waals surface area contributed by atoms with Gasteiger partial charge in [-0.05, 0) is 44.0 Å². The summed E-state index contributed by atoms with van der Waals surface area (Å²) in [4.78, 5) is 34.2. The first-order valence-corrected chi connectivity index (χ1v) is 13.4. The summed E-state index contributed by atoms with van der Waals surface area (Å²) < 4.78 is 115. The highest BCUT2D eigenvalue weighted by Crippen LogP contribution is 2.38. The van der Waals surface area contributed by atoms with Crippen molar-refractivity contribution in [1.29, 1.82) is 0 Å². The van der Waals surface area contributed by atoms with Gasteiger partial charge in [-0.1, -0.05) is 12.1 Å². The molecular weight excluding hydrogens is 656 g/mol. The van der Waals surface area contributed by atoms with E-state index in [4.69, 9.17) is 34.4 Å². The van der Waals surface area contributed by atoms with E-state index in [1.54, 1.807) is 12.1 Å². The minimum Gasteiger partial charge on any atom is -0.475 e. The minimum absolute atomic E-state index is 0.104. The highest BCUT2D eigenvalue weighted by atomic mass is 19.4. The van der Waals surface area contributed by atoms with Crippen molar-refractivity contribution in [2.45, 2.75) is 56.0 Å². The second-order valence-electron chi connectivity index (χ2n) is 10.5. The summed E-state index contributed by atoms with van der Waals surface area (Å²) in [6.07, 6.45) is -11.8. The van der Waals surface area contributed by atoms with Crippen LogP contribution in [0.5, 0.6) is 0 Å². The van der Waals surface area contributed by atoms with E-state index in [0.29, 0.717) is 6.04 Å². The predicted molar refractivity (Wildman–Crippen MR) is 138 cm³/mol. The number of ether oxygens (including phenoxy) is 1. The fourth-order valence-corrected chi connectivity index (χ4v) is 4.56. The zero-order valence-corrected chi connectivity index (χ0v) is 24.3. The minimum atomic E-state index is -5.08. The van der Waals surface area contributed by atoms with Gasteiger partial charge in [-0.3, -0.25) is 9.80 Å². The van der Waals surface area contributed by atoms with Crippen LogP contribution < -0.4 is 0 Å². The third-order valence-electron chi connectivity index (χ3n) is 7.06. The van der Waals surface area contributed by atoms with Crippen molar-refractivity contribution in [3.05, 3.63) is 35.6 Å². The number of halogens is 10. The summed E-state index contributed by atoms with van der Waals surface area (Å²) in [6.45, 7) is 8.68. The molecule has 3 aliphatic rings. The average Bonchev–Trinajstić information content (AvgIpc) is 3.35. The molecule has 0 aromatic heterocycles. The SMILES string of the molecule is CN1CCN(C2COC3(CCN(Cc4ccc(F)cc4)CC3)C2)CC1.O=C(O)C(F)(F)F.O=C(O)C(F)(F)F.O=C(O)C(F)(F)F. The van der Waals surface area contributed by atoms with Crippen molar-refractivity contribution < 1.29 is 78.3 Å². The molecule has 1 atom stereocenters. The molecule has 1 unspecified atom stereocenters. The van der Waals surface area contributed by atoms with Gasteiger partial charge in [-0.15, -0.1) is 0 Å². The lowest BCUT2D eigenvalue weighted by Gasteiger charge is -2.40. The number of nitrogens with zero attached hydrogens (tertiary/aromatic N) is 3. The first-order valence-electron chi connectivity index (χ1n) is 13.4. The molecule has 1 spiro atoms. The molecule has 0 aliphatic carbocycles. The van der Waals surface area contributed by atoms with Crippen LogP contribution in [0.4, 0.5) is 43.9 Å². The van der Waals surface area contributed by atoms with Crippen LogP contribution in [0.15, 0.2) is 24.3 Å². The van der Waals surface area contributed by atoms with Gasteiger partial charge in [0.1, 0.15) is 5.82 Å². The number of hydrogen-bond acceptors (Lipinski definition) is 7. The van der Waals surface area contributed by atoms with E-state index in [9.17, 15) is 43.9 Å². The Morgan fingerprint density at radius 2 is 1.15 bits per heavy atom. The fourth-order valence-electron chi connectivity index (χ4n) is 4.56. The lowest BCUT2D eigenvalue weighted by atomic mass is 9.87. The number of likely N-dealkylation sites (tertiary alicyclic amines) is 1. The van der Waals surface area contributed by atoms with Gasteiger partial charge in [0.25, 0.3) is 0 Å². The van der Waals surface area contributed by atoms with Crippen LogP contribution in [0.1, 0.15) is 24.8 Å². The fraction of sp³-hybridized carbons (Fsp3) is 0.654. The molecule has 46 heavy (non-hydrogen) atoms. The summed E-state index contributed by atoms with van der Waals surface area (Å²) in [5.41, 5.74) is 1.30. The second kappa shape index (κ2) is 17.1. The first kappa shape index (κ1) is 40.8. The molecular formula is C26H33F10N3O7. The maximum absolute atomic E-state index is 13.0. The molecule has 0 bridgehead atoms. The smallest absolute Gasteiger partial charge is 0.475 e. The first-order chi connectivity index (χ1) is 20.9. The van der Waals surface area contributed by atoms with Crippen molar-refractivity contribution in [2.24, 2.45) is 0 Å². The Balaban J connectivity index is 0.000000413. The number of piperazine rings is 1. The van der Waals surface area contributed by atoms with Gasteiger partial charge in [-0.25, -0.2) is 18.8 Å². The average molecular weight is 690 g/mol. The Hall–Kier alpha value is -3.23. The molecule has 0 radical (unpaired) electrons. The molecule has 3 aliphatic heterocycles. The topological polar surface area (TPSA) is 131 Å². The monoisotopic (exact) mass is 689 g/mol. The normalized spacial score (nSPS) is 20.7. The van der Waals surface area contributed by atoms with Crippen LogP contribution in [0.25, 0.3) is 0 Å². The molecule has 0 saturated carbocycles. The van der Waals surface area contributed by atoms with Crippen LogP contribution in [0.3, 0.4) is 0 Å². The van der Waals surface area contributed by atoms with Gasteiger partial charge in [0.15, 0.2) is 0 Å². The van der Waals surface area contributed by atoms with E-state index in [-0.39, 0.29) is 11.4 Å². The van der Waals surface area contributed by atoms with E-state index in [1.165, 1.54) is 38.2 Å². The number of rotatable bonds is 3. The van der Waals surface area contributed by atoms with Crippen LogP contribution in [0.2, 0.25) is 0 Å². The number of benzene rings is 1. The highest BCUT2D eigenvalue weighted by molar-refractivity contribution is 5.73. The largest absolute Gasteiger partial charge is 0.490 e. The van der Waals surface area contributed by atoms with Crippen molar-refractivity contribution in [1.82, 2.24) is 14.7 Å². The van der Waals surface area contributed by atoms with Crippen molar-refractivity contribution in [3.8, 4) is 0 Å². The number of carbonyl (C=O) groups is 3. The lowest BCUT2D eigenvalue weighted by molar-refractivity contribution is -0.193. The Kier molecular flexibility index (Phi) is 15.1. The molecule has 3 fully saturated rings. The number of carboxylic acids is 3. The molecule has 20 heteroatoms. The van der Waals surface area contributed by atoms with Crippen molar-refractivity contribution in [3.63, 3.8) is 0 Å². The van der Waals surface area contributed by atoms with Crippen molar-refractivity contribution in [2.75, 3.05) is 52.9 Å². The van der Waals surface area contributed by atoms with Gasteiger partial charge in [0.05, 0.1) is 12.2 Å². The standard InChI is InChI=1S/C20H30FN3O.3C2HF3O2/c1-22-10-12-24(13-11-22)19-14-20(25-16-19)6-8-23(9-7-20)15-17-2-4-18(21)5-3-17;3*3-2(4,5)1(6)7/h2-5,19H,6-16H2,1H3;3*(H,6,7). The Morgan fingerprint density at radius 1 is 0.761 bits per heavy atom. The van der Waals surface area contributed by atoms with E-state index in [1.807, 2.05) is 12.1 Å². The quantitative estimate of drug-likeness (QED) is 0.399. The van der Waals surface area contributed by atoms with Gasteiger partial charge in [0, 0.05) is 51.9 Å². The molecule has 264 valence electrons. The number of alkyl halides is 9. The van der Waals surface area contributed by atoms with Gasteiger partial charge >= 0.3 is 36.4 Å². The van der Waals surface area contributed by atoms with Crippen molar-refractivity contribution >= 4 is 17.9 Å². The zero-order valence-electron chi connectivity index (χ0n) is 24.3. The molecule has 10 nitrogen and oxygen atoms in total. The van der Waals surface area contributed by atoms with Gasteiger partial charge < -0.3 is 25.0 Å². The molecule has 4 rings (SSSR count). The lowest BCUT2D eigenvalue weighted by Crippen LogP contribution is -2.50. The molecule has 1 aromatic rings. The Morgan fingerprint density at radius 3 is 1.52 bits per heavy atom. The van der Waals surface area contributed by atoms with Gasteiger partial charge in [-0.2, -0.15) is 39.5 Å². The third kappa shape index (κ3) is 14.9. The summed E-state index contributed by atoms with van der Waals surface area (Å²) in [7, 11) is 2.21. The second-order valence-corrected chi connectivity index (χ2v) is 10.5. The van der Waals surface area contributed by atoms with Crippen LogP contribution in [-0.2, 0) is 25.7 Å². The molecule has 1 aromatic carbocycles. The summed E-state index contributed by atoms with van der Waals surface area (Å²) >= 11 is 0. The van der Waals surface area contributed by atoms with Crippen LogP contribution in [-0.4, -0.2) is 131 Å². The predicted octanol–water partition coefficient (Wildman–Crippen LogP) is 4.10. The van der Waals surface area contributed by atoms with E-state index in [2.05, 4.69) is 21.7 Å². The number of likely N-dealkylation sites (N-methyl/N-ethyl adjacent to an activating group) is 1. The maximum Gasteiger partial charge on any atom is 0.490 e. The van der Waals surface area contributed by atoms with E-state index < -0.39 is 36.4 Å². The highest BCUT2D eigenvalue weighted by Gasteiger charge is 2.44. The zero-order chi connectivity index (χ0) is 35.5. The summed E-state index contributed by atoms with van der Waals surface area (Å²) in [5, 5.41) is 21.4. The van der Waals surface area contributed by atoms with Crippen LogP contribution >= 0.6 is 0 Å². The van der Waals surface area contributed by atoms with E-state index >= 15 is 0 Å². The molecule has 0 amide bonds. The number of piperidine rings is 1. The molecule has 3 heterocycles. The number of aliphatic carboxylic acids is 3. The Bertz CT molecular complexity index is 1060. The maximum atomic E-state index is 13.0. The molecule has 3 saturated heterocycles. The van der Waals surface area contributed by atoms with Crippen LogP contribution in [0, 0.1) is 5.82 Å². The van der Waals surface area contributed by atoms with E-state index in [0.717, 1.165) is 39.1 Å². The Labute approximate surface area is 256 Å². The number of carboxylic acid groups (broad SMARTS) is 3. The third-order valence-corrected chi connectivity index (χ3v) is 7.06. The van der Waals surface area contributed by atoms with Gasteiger partial charge in [0.2, 0.25) is 0 Å². The number of hydrogen-bond donors (Lipinski definition) is 3.